The average Bonchev–Trinajstić information content (AvgIpc) is 2.93. The predicted molar refractivity (Wildman–Crippen MR) is 149 cm³/mol. The van der Waals surface area contributed by atoms with Crippen molar-refractivity contribution in [1.82, 2.24) is 0 Å². The van der Waals surface area contributed by atoms with Gasteiger partial charge in [0.25, 0.3) is 0 Å². The van der Waals surface area contributed by atoms with Crippen LogP contribution in [0.2, 0.25) is 0 Å². The van der Waals surface area contributed by atoms with Crippen LogP contribution in [0.1, 0.15) is 22.3 Å². The topological polar surface area (TPSA) is 118 Å². The van der Waals surface area contributed by atoms with E-state index in [0.717, 1.165) is 34.1 Å². The zero-order valence-corrected chi connectivity index (χ0v) is 22.6. The summed E-state index contributed by atoms with van der Waals surface area (Å²) in [6.07, 6.45) is 1.29. The van der Waals surface area contributed by atoms with Crippen LogP contribution < -0.4 is 28.4 Å². The van der Waals surface area contributed by atoms with Crippen molar-refractivity contribution in [2.24, 2.45) is 0 Å². The van der Waals surface area contributed by atoms with Gasteiger partial charge >= 0.3 is 0 Å². The van der Waals surface area contributed by atoms with Crippen LogP contribution >= 0.6 is 0 Å². The fraction of sp³-hybridized carbons (Fsp3) is 0.267. The highest BCUT2D eigenvalue weighted by atomic mass is 16.5. The molecule has 0 atom stereocenters. The van der Waals surface area contributed by atoms with Gasteiger partial charge in [-0.3, -0.25) is 0 Å². The molecular formula is C30H36O8. The van der Waals surface area contributed by atoms with Gasteiger partial charge in [-0.05, 0) is 21.9 Å². The van der Waals surface area contributed by atoms with Crippen LogP contribution in [0.25, 0.3) is 10.8 Å². The van der Waals surface area contributed by atoms with E-state index in [4.69, 9.17) is 28.4 Å². The van der Waals surface area contributed by atoms with Crippen LogP contribution in [0.4, 0.5) is 0 Å². The van der Waals surface area contributed by atoms with Crippen molar-refractivity contribution in [2.75, 3.05) is 42.7 Å². The smallest absolute Gasteiger partial charge is 0.129 e. The Morgan fingerprint density at radius 1 is 0.447 bits per heavy atom. The van der Waals surface area contributed by atoms with Crippen LogP contribution in [0, 0.1) is 0 Å². The minimum atomic E-state index is 0. The van der Waals surface area contributed by atoms with Crippen LogP contribution in [-0.2, 0) is 12.8 Å². The van der Waals surface area contributed by atoms with E-state index >= 15 is 0 Å². The van der Waals surface area contributed by atoms with Gasteiger partial charge in [-0.25, -0.2) is 0 Å². The van der Waals surface area contributed by atoms with Crippen molar-refractivity contribution in [1.29, 1.82) is 0 Å². The van der Waals surface area contributed by atoms with Gasteiger partial charge in [-0.1, -0.05) is 36.4 Å². The number of methoxy groups -OCH3 is 6. The molecule has 0 aliphatic rings. The van der Waals surface area contributed by atoms with E-state index in [0.29, 0.717) is 24.3 Å². The van der Waals surface area contributed by atoms with E-state index in [1.165, 1.54) is 21.9 Å². The molecule has 0 fully saturated rings. The lowest BCUT2D eigenvalue weighted by atomic mass is 9.91. The fourth-order valence-corrected chi connectivity index (χ4v) is 4.62. The van der Waals surface area contributed by atoms with E-state index in [1.54, 1.807) is 42.7 Å². The van der Waals surface area contributed by atoms with E-state index < -0.39 is 0 Å². The Bertz CT molecular complexity index is 1210. The van der Waals surface area contributed by atoms with Crippen LogP contribution in [0.15, 0.2) is 60.7 Å². The van der Waals surface area contributed by atoms with Gasteiger partial charge in [0.2, 0.25) is 0 Å². The molecule has 8 nitrogen and oxygen atoms in total. The fourth-order valence-electron chi connectivity index (χ4n) is 4.62. The summed E-state index contributed by atoms with van der Waals surface area (Å²) < 4.78 is 33.6. The first kappa shape index (κ1) is 30.1. The molecule has 0 saturated heterocycles. The highest BCUT2D eigenvalue weighted by Crippen LogP contribution is 2.39. The van der Waals surface area contributed by atoms with Crippen LogP contribution in [-0.4, -0.2) is 53.6 Å². The molecule has 0 amide bonds. The minimum absolute atomic E-state index is 0. The number of benzene rings is 4. The molecule has 4 N–H and O–H groups in total. The molecular weight excluding hydrogens is 488 g/mol. The maximum atomic E-state index is 5.69. The highest BCUT2D eigenvalue weighted by Gasteiger charge is 2.18. The Hall–Kier alpha value is -4.14. The van der Waals surface area contributed by atoms with Gasteiger partial charge in [0, 0.05) is 48.2 Å². The third kappa shape index (κ3) is 5.88. The summed E-state index contributed by atoms with van der Waals surface area (Å²) in [5.74, 6) is 4.29. The number of rotatable bonds is 10. The van der Waals surface area contributed by atoms with E-state index in [1.807, 2.05) is 24.3 Å². The molecule has 0 saturated carbocycles. The van der Waals surface area contributed by atoms with Gasteiger partial charge < -0.3 is 39.4 Å². The Labute approximate surface area is 223 Å². The van der Waals surface area contributed by atoms with Gasteiger partial charge in [0.15, 0.2) is 0 Å². The second kappa shape index (κ2) is 13.4. The molecule has 0 unspecified atom stereocenters. The first-order valence-corrected chi connectivity index (χ1v) is 11.6. The first-order valence-electron chi connectivity index (χ1n) is 11.6. The zero-order valence-electron chi connectivity index (χ0n) is 22.6. The van der Waals surface area contributed by atoms with Crippen molar-refractivity contribution < 1.29 is 39.4 Å². The Kier molecular flexibility index (Phi) is 10.6. The summed E-state index contributed by atoms with van der Waals surface area (Å²) in [6.45, 7) is 0. The monoisotopic (exact) mass is 524 g/mol. The summed E-state index contributed by atoms with van der Waals surface area (Å²) in [6, 6.07) is 20.3. The molecule has 204 valence electrons. The lowest BCUT2D eigenvalue weighted by Crippen LogP contribution is -2.02. The number of hydrogen-bond acceptors (Lipinski definition) is 6. The Morgan fingerprint density at radius 2 is 0.763 bits per heavy atom. The predicted octanol–water partition coefficient (Wildman–Crippen LogP) is 4.42. The Balaban J connectivity index is 0.00000253. The molecule has 38 heavy (non-hydrogen) atoms. The third-order valence-electron chi connectivity index (χ3n) is 6.47. The maximum absolute atomic E-state index is 5.69. The lowest BCUT2D eigenvalue weighted by molar-refractivity contribution is 0.369. The van der Waals surface area contributed by atoms with Crippen molar-refractivity contribution in [2.45, 2.75) is 12.8 Å². The van der Waals surface area contributed by atoms with Crippen molar-refractivity contribution >= 4 is 10.8 Å². The summed E-state index contributed by atoms with van der Waals surface area (Å²) in [4.78, 5) is 0. The standard InChI is InChI=1S/C30H32O6.2H2O/c1-31-21-15-27(33-3)25(28(16-21)34-4)13-19-11-12-20(24-10-8-7-9-23(19)24)14-26-29(35-5)17-22(32-2)18-30(26)36-6;;/h7-12,15-18H,13-14H2,1-6H3;2*1H2. The van der Waals surface area contributed by atoms with Crippen molar-refractivity contribution in [3.05, 3.63) is 82.9 Å². The quantitative estimate of drug-likeness (QED) is 0.303. The highest BCUT2D eigenvalue weighted by molar-refractivity contribution is 5.89. The molecule has 0 spiro atoms. The third-order valence-corrected chi connectivity index (χ3v) is 6.47. The van der Waals surface area contributed by atoms with Gasteiger partial charge in [-0.15, -0.1) is 0 Å². The first-order chi connectivity index (χ1) is 17.6. The molecule has 4 rings (SSSR count). The molecule has 0 aliphatic heterocycles. The maximum Gasteiger partial charge on any atom is 0.129 e. The molecule has 0 heterocycles. The minimum Gasteiger partial charge on any atom is -0.496 e. The summed E-state index contributed by atoms with van der Waals surface area (Å²) in [5.41, 5.74) is 4.28. The summed E-state index contributed by atoms with van der Waals surface area (Å²) in [7, 11) is 9.91. The molecule has 0 aromatic heterocycles. The molecule has 4 aromatic carbocycles. The SMILES string of the molecule is COc1cc(OC)c(Cc2ccc(Cc3c(OC)cc(OC)cc3OC)c3ccccc23)c(OC)c1.O.O. The normalized spacial score (nSPS) is 10.2. The number of ether oxygens (including phenoxy) is 6. The van der Waals surface area contributed by atoms with Crippen molar-refractivity contribution in [3.8, 4) is 34.5 Å². The van der Waals surface area contributed by atoms with E-state index in [9.17, 15) is 0 Å². The number of hydrogen-bond donors (Lipinski definition) is 0. The molecule has 4 aromatic rings. The second-order valence-electron chi connectivity index (χ2n) is 8.30. The molecule has 0 aliphatic carbocycles. The van der Waals surface area contributed by atoms with Gasteiger partial charge in [0.05, 0.1) is 42.7 Å². The summed E-state index contributed by atoms with van der Waals surface area (Å²) in [5, 5.41) is 2.34. The van der Waals surface area contributed by atoms with Crippen LogP contribution in [0.3, 0.4) is 0 Å². The molecule has 8 heteroatoms. The number of fused-ring (bicyclic) bond motifs is 1. The van der Waals surface area contributed by atoms with E-state index in [-0.39, 0.29) is 11.0 Å². The van der Waals surface area contributed by atoms with Gasteiger partial charge in [-0.2, -0.15) is 0 Å². The Morgan fingerprint density at radius 3 is 1.03 bits per heavy atom. The van der Waals surface area contributed by atoms with Crippen LogP contribution in [0.5, 0.6) is 34.5 Å². The summed E-state index contributed by atoms with van der Waals surface area (Å²) >= 11 is 0. The van der Waals surface area contributed by atoms with Gasteiger partial charge in [0.1, 0.15) is 34.5 Å². The average molecular weight is 525 g/mol. The van der Waals surface area contributed by atoms with E-state index in [2.05, 4.69) is 36.4 Å². The largest absolute Gasteiger partial charge is 0.496 e. The lowest BCUT2D eigenvalue weighted by Gasteiger charge is -2.18. The second-order valence-corrected chi connectivity index (χ2v) is 8.30. The molecule has 0 bridgehead atoms. The zero-order chi connectivity index (χ0) is 25.7. The van der Waals surface area contributed by atoms with Crippen molar-refractivity contribution in [3.63, 3.8) is 0 Å². The molecule has 0 radical (unpaired) electrons.